The molecule has 0 fully saturated rings. The molecule has 0 unspecified atom stereocenters. The molecule has 1 heterocycles. The van der Waals surface area contributed by atoms with Gasteiger partial charge in [0, 0.05) is 0 Å². The summed E-state index contributed by atoms with van der Waals surface area (Å²) < 4.78 is 6.12. The van der Waals surface area contributed by atoms with E-state index in [0.717, 1.165) is 10.7 Å². The standard InChI is InChI=1S/C10H15N3O5/c1-10(2,3)18-9(15)5-12-7(6-14)4-8(11-12)13(16)17/h4,14H,5-6H2,1-3H3. The van der Waals surface area contributed by atoms with Crippen LogP contribution >= 0.6 is 0 Å². The molecule has 0 amide bonds. The summed E-state index contributed by atoms with van der Waals surface area (Å²) in [6.45, 7) is 4.42. The van der Waals surface area contributed by atoms with Gasteiger partial charge in [-0.1, -0.05) is 0 Å². The lowest BCUT2D eigenvalue weighted by atomic mass is 10.2. The maximum atomic E-state index is 11.5. The zero-order valence-corrected chi connectivity index (χ0v) is 10.4. The fourth-order valence-electron chi connectivity index (χ4n) is 1.29. The van der Waals surface area contributed by atoms with Crippen molar-refractivity contribution in [1.82, 2.24) is 9.78 Å². The minimum Gasteiger partial charge on any atom is -0.459 e. The van der Waals surface area contributed by atoms with Crippen molar-refractivity contribution in [2.75, 3.05) is 0 Å². The second-order valence-electron chi connectivity index (χ2n) is 4.65. The first-order valence-corrected chi connectivity index (χ1v) is 5.27. The van der Waals surface area contributed by atoms with Gasteiger partial charge in [-0.15, -0.1) is 0 Å². The number of carbonyl (C=O) groups excluding carboxylic acids is 1. The van der Waals surface area contributed by atoms with E-state index in [1.807, 2.05) is 0 Å². The van der Waals surface area contributed by atoms with Gasteiger partial charge >= 0.3 is 11.8 Å². The second kappa shape index (κ2) is 5.13. The van der Waals surface area contributed by atoms with Crippen molar-refractivity contribution in [3.8, 4) is 0 Å². The van der Waals surface area contributed by atoms with Crippen molar-refractivity contribution in [3.63, 3.8) is 0 Å². The highest BCUT2D eigenvalue weighted by Crippen LogP contribution is 2.13. The first kappa shape index (κ1) is 14.1. The lowest BCUT2D eigenvalue weighted by molar-refractivity contribution is -0.389. The average molecular weight is 257 g/mol. The Morgan fingerprint density at radius 2 is 2.22 bits per heavy atom. The van der Waals surface area contributed by atoms with E-state index >= 15 is 0 Å². The van der Waals surface area contributed by atoms with Crippen LogP contribution in [0, 0.1) is 10.1 Å². The highest BCUT2D eigenvalue weighted by molar-refractivity contribution is 5.69. The Labute approximate surface area is 103 Å². The van der Waals surface area contributed by atoms with E-state index < -0.39 is 28.9 Å². The van der Waals surface area contributed by atoms with Crippen LogP contribution in [-0.4, -0.2) is 31.4 Å². The molecule has 0 aliphatic heterocycles. The second-order valence-corrected chi connectivity index (χ2v) is 4.65. The summed E-state index contributed by atoms with van der Waals surface area (Å²) in [5.41, 5.74) is -0.456. The average Bonchev–Trinajstić information content (AvgIpc) is 2.57. The summed E-state index contributed by atoms with van der Waals surface area (Å²) in [4.78, 5) is 21.4. The van der Waals surface area contributed by atoms with Gasteiger partial charge in [-0.25, -0.2) is 4.79 Å². The Hall–Kier alpha value is -1.96. The van der Waals surface area contributed by atoms with Crippen molar-refractivity contribution in [3.05, 3.63) is 21.9 Å². The van der Waals surface area contributed by atoms with Crippen LogP contribution in [0.25, 0.3) is 0 Å². The Kier molecular flexibility index (Phi) is 4.02. The summed E-state index contributed by atoms with van der Waals surface area (Å²) >= 11 is 0. The molecule has 1 rings (SSSR count). The first-order valence-electron chi connectivity index (χ1n) is 5.27. The minimum atomic E-state index is -0.690. The first-order chi connectivity index (χ1) is 8.23. The van der Waals surface area contributed by atoms with Crippen LogP contribution in [0.4, 0.5) is 5.82 Å². The Morgan fingerprint density at radius 1 is 1.61 bits per heavy atom. The summed E-state index contributed by atoms with van der Waals surface area (Å²) in [7, 11) is 0. The number of ether oxygens (including phenoxy) is 1. The number of nitro groups is 1. The normalized spacial score (nSPS) is 11.3. The smallest absolute Gasteiger partial charge is 0.390 e. The molecule has 0 aliphatic rings. The zero-order chi connectivity index (χ0) is 13.9. The van der Waals surface area contributed by atoms with Gasteiger partial charge in [0.1, 0.15) is 5.60 Å². The number of hydrogen-bond donors (Lipinski definition) is 1. The van der Waals surface area contributed by atoms with Gasteiger partial charge in [-0.05, 0) is 25.7 Å². The van der Waals surface area contributed by atoms with Gasteiger partial charge in [0.2, 0.25) is 0 Å². The molecule has 100 valence electrons. The molecule has 0 saturated heterocycles. The van der Waals surface area contributed by atoms with Crippen LogP contribution in [-0.2, 0) is 22.7 Å². The van der Waals surface area contributed by atoms with E-state index in [1.165, 1.54) is 0 Å². The van der Waals surface area contributed by atoms with Gasteiger partial charge < -0.3 is 20.0 Å². The number of rotatable bonds is 4. The molecule has 18 heavy (non-hydrogen) atoms. The SMILES string of the molecule is CC(C)(C)OC(=O)Cn1nc([N+](=O)[O-])cc1CO. The molecule has 1 N–H and O–H groups in total. The molecule has 0 aromatic carbocycles. The van der Waals surface area contributed by atoms with Crippen LogP contribution in [0.2, 0.25) is 0 Å². The van der Waals surface area contributed by atoms with Crippen LogP contribution in [0.1, 0.15) is 26.5 Å². The van der Waals surface area contributed by atoms with Crippen molar-refractivity contribution < 1.29 is 19.6 Å². The van der Waals surface area contributed by atoms with E-state index in [0.29, 0.717) is 0 Å². The number of carbonyl (C=O) groups is 1. The van der Waals surface area contributed by atoms with Gasteiger partial charge in [-0.2, -0.15) is 4.68 Å². The van der Waals surface area contributed by atoms with Crippen molar-refractivity contribution in [2.24, 2.45) is 0 Å². The molecule has 0 spiro atoms. The third-order valence-corrected chi connectivity index (χ3v) is 1.90. The summed E-state index contributed by atoms with van der Waals surface area (Å²) in [5.74, 6) is -0.988. The van der Waals surface area contributed by atoms with Crippen LogP contribution in [0.5, 0.6) is 0 Å². The van der Waals surface area contributed by atoms with Crippen molar-refractivity contribution >= 4 is 11.8 Å². The van der Waals surface area contributed by atoms with E-state index in [1.54, 1.807) is 20.8 Å². The fraction of sp³-hybridized carbons (Fsp3) is 0.600. The van der Waals surface area contributed by atoms with Crippen LogP contribution in [0.15, 0.2) is 6.07 Å². The number of hydrogen-bond acceptors (Lipinski definition) is 6. The molecular weight excluding hydrogens is 242 g/mol. The Balaban J connectivity index is 2.83. The van der Waals surface area contributed by atoms with Crippen molar-refractivity contribution in [1.29, 1.82) is 0 Å². The summed E-state index contributed by atoms with van der Waals surface area (Å²) in [6, 6.07) is 1.12. The Bertz CT molecular complexity index is 461. The van der Waals surface area contributed by atoms with Crippen LogP contribution < -0.4 is 0 Å². The van der Waals surface area contributed by atoms with Gasteiger partial charge in [0.25, 0.3) is 0 Å². The maximum Gasteiger partial charge on any atom is 0.390 e. The third kappa shape index (κ3) is 3.81. The van der Waals surface area contributed by atoms with E-state index in [4.69, 9.17) is 9.84 Å². The molecule has 0 bridgehead atoms. The third-order valence-electron chi connectivity index (χ3n) is 1.90. The predicted molar refractivity (Wildman–Crippen MR) is 60.6 cm³/mol. The molecule has 0 radical (unpaired) electrons. The fourth-order valence-corrected chi connectivity index (χ4v) is 1.29. The predicted octanol–water partition coefficient (Wildman–Crippen LogP) is 0.625. The molecule has 8 heteroatoms. The topological polar surface area (TPSA) is 107 Å². The zero-order valence-electron chi connectivity index (χ0n) is 10.4. The lowest BCUT2D eigenvalue weighted by Gasteiger charge is -2.19. The quantitative estimate of drug-likeness (QED) is 0.481. The number of aliphatic hydroxyl groups is 1. The number of nitrogens with zero attached hydrogens (tertiary/aromatic N) is 3. The Morgan fingerprint density at radius 3 is 2.67 bits per heavy atom. The number of aliphatic hydroxyl groups excluding tert-OH is 1. The van der Waals surface area contributed by atoms with E-state index in [-0.39, 0.29) is 12.2 Å². The molecule has 0 aliphatic carbocycles. The van der Waals surface area contributed by atoms with Gasteiger partial charge in [0.05, 0.1) is 23.5 Å². The summed E-state index contributed by atoms with van der Waals surface area (Å²) in [6.07, 6.45) is 0. The summed E-state index contributed by atoms with van der Waals surface area (Å²) in [5, 5.41) is 23.2. The lowest BCUT2D eigenvalue weighted by Crippen LogP contribution is -2.27. The minimum absolute atomic E-state index is 0.188. The highest BCUT2D eigenvalue weighted by Gasteiger charge is 2.22. The maximum absolute atomic E-state index is 11.5. The van der Waals surface area contributed by atoms with Gasteiger partial charge in [-0.3, -0.25) is 0 Å². The molecule has 1 aromatic heterocycles. The number of esters is 1. The number of aromatic nitrogens is 2. The monoisotopic (exact) mass is 257 g/mol. The largest absolute Gasteiger partial charge is 0.459 e. The van der Waals surface area contributed by atoms with Crippen molar-refractivity contribution in [2.45, 2.75) is 39.5 Å². The van der Waals surface area contributed by atoms with E-state index in [9.17, 15) is 14.9 Å². The van der Waals surface area contributed by atoms with E-state index in [2.05, 4.69) is 5.10 Å². The molecule has 0 atom stereocenters. The van der Waals surface area contributed by atoms with Gasteiger partial charge in [0.15, 0.2) is 6.54 Å². The van der Waals surface area contributed by atoms with Crippen LogP contribution in [0.3, 0.4) is 0 Å². The highest BCUT2D eigenvalue weighted by atomic mass is 16.6. The molecule has 1 aromatic rings. The molecule has 8 nitrogen and oxygen atoms in total. The molecule has 0 saturated carbocycles. The molecular formula is C10H15N3O5.